The number of rotatable bonds is 3. The summed E-state index contributed by atoms with van der Waals surface area (Å²) in [5, 5.41) is 10.8. The van der Waals surface area contributed by atoms with Gasteiger partial charge in [0.2, 0.25) is 0 Å². The van der Waals surface area contributed by atoms with Crippen LogP contribution in [0.1, 0.15) is 29.8 Å². The van der Waals surface area contributed by atoms with Crippen LogP contribution in [0.15, 0.2) is 30.3 Å². The van der Waals surface area contributed by atoms with Crippen LogP contribution in [0.2, 0.25) is 0 Å². The second-order valence-electron chi connectivity index (χ2n) is 6.82. The van der Waals surface area contributed by atoms with Crippen LogP contribution >= 0.6 is 0 Å². The lowest BCUT2D eigenvalue weighted by molar-refractivity contribution is -0.143. The summed E-state index contributed by atoms with van der Waals surface area (Å²) in [5.41, 5.74) is 1.82. The third kappa shape index (κ3) is 2.69. The third-order valence-corrected chi connectivity index (χ3v) is 5.52. The fraction of sp³-hybridized carbons (Fsp3) is 0.444. The lowest BCUT2D eigenvalue weighted by Gasteiger charge is -2.32. The largest absolute Gasteiger partial charge is 0.469 e. The van der Waals surface area contributed by atoms with Crippen molar-refractivity contribution in [3.63, 3.8) is 0 Å². The maximum absolute atomic E-state index is 12.9. The molecule has 1 saturated carbocycles. The second kappa shape index (κ2) is 5.98. The van der Waals surface area contributed by atoms with E-state index in [-0.39, 0.29) is 23.2 Å². The molecule has 0 bridgehead atoms. The van der Waals surface area contributed by atoms with Gasteiger partial charge >= 0.3 is 5.97 Å². The molecule has 1 aromatic carbocycles. The highest BCUT2D eigenvalue weighted by Crippen LogP contribution is 2.59. The maximum atomic E-state index is 12.9. The van der Waals surface area contributed by atoms with Gasteiger partial charge in [-0.2, -0.15) is 15.4 Å². The molecule has 1 saturated heterocycles. The van der Waals surface area contributed by atoms with Gasteiger partial charge in [-0.05, 0) is 24.7 Å². The van der Waals surface area contributed by atoms with Crippen LogP contribution in [-0.4, -0.2) is 52.4 Å². The Morgan fingerprint density at radius 3 is 2.60 bits per heavy atom. The van der Waals surface area contributed by atoms with Crippen LogP contribution in [0.3, 0.4) is 0 Å². The molecule has 2 aliphatic rings. The van der Waals surface area contributed by atoms with E-state index in [4.69, 9.17) is 4.74 Å². The number of amides is 1. The lowest BCUT2D eigenvalue weighted by atomic mass is 9.90. The van der Waals surface area contributed by atoms with Crippen LogP contribution in [0, 0.1) is 11.3 Å². The zero-order chi connectivity index (χ0) is 17.4. The zero-order valence-corrected chi connectivity index (χ0v) is 14.1. The Labute approximate surface area is 145 Å². The molecule has 7 nitrogen and oxygen atoms in total. The van der Waals surface area contributed by atoms with Gasteiger partial charge in [-0.1, -0.05) is 30.3 Å². The normalized spacial score (nSPS) is 21.2. The minimum atomic E-state index is -0.123. The van der Waals surface area contributed by atoms with Crippen LogP contribution in [0.25, 0.3) is 11.3 Å². The number of nitrogens with zero attached hydrogens (tertiary/aromatic N) is 3. The second-order valence-corrected chi connectivity index (χ2v) is 6.82. The average Bonchev–Trinajstić information content (AvgIpc) is 3.14. The molecule has 1 amide bonds. The van der Waals surface area contributed by atoms with Crippen LogP contribution in [0.4, 0.5) is 0 Å². The molecular formula is C18H20N4O3. The quantitative estimate of drug-likeness (QED) is 0.862. The van der Waals surface area contributed by atoms with Gasteiger partial charge in [0.25, 0.3) is 5.91 Å². The fourth-order valence-corrected chi connectivity index (χ4v) is 3.86. The monoisotopic (exact) mass is 340 g/mol. The van der Waals surface area contributed by atoms with Crippen LogP contribution in [0.5, 0.6) is 0 Å². The number of hydrogen-bond donors (Lipinski definition) is 1. The van der Waals surface area contributed by atoms with Crippen molar-refractivity contribution in [2.24, 2.45) is 11.3 Å². The molecule has 1 unspecified atom stereocenters. The SMILES string of the molecule is COC(=O)C1CC12CCN(C(=O)c1n[nH]nc1-c1ccccc1)CC2. The third-order valence-electron chi connectivity index (χ3n) is 5.52. The first-order valence-corrected chi connectivity index (χ1v) is 8.48. The summed E-state index contributed by atoms with van der Waals surface area (Å²) in [4.78, 5) is 26.4. The summed E-state index contributed by atoms with van der Waals surface area (Å²) < 4.78 is 4.86. The minimum absolute atomic E-state index is 0.00156. The highest BCUT2D eigenvalue weighted by atomic mass is 16.5. The Kier molecular flexibility index (Phi) is 3.78. The first-order chi connectivity index (χ1) is 12.1. The van der Waals surface area contributed by atoms with Crippen molar-refractivity contribution in [3.05, 3.63) is 36.0 Å². The summed E-state index contributed by atoms with van der Waals surface area (Å²) in [5.74, 6) is -0.234. The van der Waals surface area contributed by atoms with Gasteiger partial charge in [-0.15, -0.1) is 0 Å². The molecule has 1 atom stereocenters. The number of esters is 1. The Balaban J connectivity index is 1.46. The van der Waals surface area contributed by atoms with Crippen molar-refractivity contribution in [3.8, 4) is 11.3 Å². The summed E-state index contributed by atoms with van der Waals surface area (Å²) in [7, 11) is 1.43. The van der Waals surface area contributed by atoms with E-state index >= 15 is 0 Å². The molecule has 25 heavy (non-hydrogen) atoms. The van der Waals surface area contributed by atoms with E-state index in [2.05, 4.69) is 15.4 Å². The number of carbonyl (C=O) groups is 2. The summed E-state index contributed by atoms with van der Waals surface area (Å²) in [6.45, 7) is 1.26. The van der Waals surface area contributed by atoms with E-state index in [0.717, 1.165) is 24.8 Å². The van der Waals surface area contributed by atoms with Crippen molar-refractivity contribution in [1.82, 2.24) is 20.3 Å². The van der Waals surface area contributed by atoms with Crippen molar-refractivity contribution in [2.75, 3.05) is 20.2 Å². The molecule has 1 N–H and O–H groups in total. The van der Waals surface area contributed by atoms with Gasteiger partial charge < -0.3 is 9.64 Å². The number of hydrogen-bond acceptors (Lipinski definition) is 5. The highest BCUT2D eigenvalue weighted by molar-refractivity contribution is 5.98. The Hall–Kier alpha value is -2.70. The Morgan fingerprint density at radius 2 is 1.92 bits per heavy atom. The van der Waals surface area contributed by atoms with Crippen molar-refractivity contribution in [2.45, 2.75) is 19.3 Å². The van der Waals surface area contributed by atoms with Gasteiger partial charge in [0.1, 0.15) is 5.69 Å². The molecule has 2 aromatic rings. The molecule has 4 rings (SSSR count). The molecule has 1 aliphatic heterocycles. The molecular weight excluding hydrogens is 320 g/mol. The van der Waals surface area contributed by atoms with Crippen LogP contribution < -0.4 is 0 Å². The number of carbonyl (C=O) groups excluding carboxylic acids is 2. The number of benzene rings is 1. The van der Waals surface area contributed by atoms with Crippen molar-refractivity contribution in [1.29, 1.82) is 0 Å². The predicted octanol–water partition coefficient (Wildman–Crippen LogP) is 1.89. The number of ether oxygens (including phenoxy) is 1. The van der Waals surface area contributed by atoms with E-state index < -0.39 is 0 Å². The fourth-order valence-electron chi connectivity index (χ4n) is 3.86. The first-order valence-electron chi connectivity index (χ1n) is 8.48. The standard InChI is InChI=1S/C18H20N4O3/c1-25-17(24)13-11-18(13)7-9-22(10-8-18)16(23)15-14(19-21-20-15)12-5-3-2-4-6-12/h2-6,13H,7-11H2,1H3,(H,19,20,21). The van der Waals surface area contributed by atoms with Crippen molar-refractivity contribution < 1.29 is 14.3 Å². The summed E-state index contributed by atoms with van der Waals surface area (Å²) in [6, 6.07) is 9.55. The molecule has 1 aliphatic carbocycles. The van der Waals surface area contributed by atoms with E-state index in [1.165, 1.54) is 7.11 Å². The Morgan fingerprint density at radius 1 is 1.20 bits per heavy atom. The molecule has 2 heterocycles. The smallest absolute Gasteiger partial charge is 0.309 e. The van der Waals surface area contributed by atoms with E-state index in [1.807, 2.05) is 35.2 Å². The average molecular weight is 340 g/mol. The number of methoxy groups -OCH3 is 1. The number of H-pyrrole nitrogens is 1. The number of aromatic nitrogens is 3. The predicted molar refractivity (Wildman–Crippen MR) is 89.5 cm³/mol. The summed E-state index contributed by atoms with van der Waals surface area (Å²) in [6.07, 6.45) is 2.54. The minimum Gasteiger partial charge on any atom is -0.469 e. The number of nitrogens with one attached hydrogen (secondary N) is 1. The van der Waals surface area contributed by atoms with Gasteiger partial charge in [-0.3, -0.25) is 9.59 Å². The molecule has 2 fully saturated rings. The summed E-state index contributed by atoms with van der Waals surface area (Å²) >= 11 is 0. The number of piperidine rings is 1. The maximum Gasteiger partial charge on any atom is 0.309 e. The van der Waals surface area contributed by atoms with Gasteiger partial charge in [0.05, 0.1) is 13.0 Å². The lowest BCUT2D eigenvalue weighted by Crippen LogP contribution is -2.40. The van der Waals surface area contributed by atoms with Gasteiger partial charge in [-0.25, -0.2) is 0 Å². The number of aromatic amines is 1. The van der Waals surface area contributed by atoms with Crippen molar-refractivity contribution >= 4 is 11.9 Å². The van der Waals surface area contributed by atoms with Crippen LogP contribution in [-0.2, 0) is 9.53 Å². The van der Waals surface area contributed by atoms with E-state index in [1.54, 1.807) is 0 Å². The molecule has 130 valence electrons. The zero-order valence-electron chi connectivity index (χ0n) is 14.1. The van der Waals surface area contributed by atoms with Gasteiger partial charge in [0.15, 0.2) is 5.69 Å². The van der Waals surface area contributed by atoms with E-state index in [9.17, 15) is 9.59 Å². The Bertz CT molecular complexity index is 794. The topological polar surface area (TPSA) is 88.2 Å². The highest BCUT2D eigenvalue weighted by Gasteiger charge is 2.59. The molecule has 1 spiro atoms. The molecule has 7 heteroatoms. The first kappa shape index (κ1) is 15.8. The number of likely N-dealkylation sites (tertiary alicyclic amines) is 1. The molecule has 0 radical (unpaired) electrons. The van der Waals surface area contributed by atoms with Gasteiger partial charge in [0, 0.05) is 18.7 Å². The van der Waals surface area contributed by atoms with E-state index in [0.29, 0.717) is 24.5 Å². The molecule has 1 aromatic heterocycles.